The molecular weight excluding hydrogens is 164 g/mol. The van der Waals surface area contributed by atoms with Gasteiger partial charge in [0.05, 0.1) is 18.5 Å². The monoisotopic (exact) mass is 174 g/mol. The van der Waals surface area contributed by atoms with E-state index in [2.05, 4.69) is 10.7 Å². The molecule has 0 radical (unpaired) electrons. The molecular formula is C5H10N4O3. The fraction of sp³-hybridized carbons (Fsp3) is 0.800. The first-order chi connectivity index (χ1) is 5.83. The number of hydrogen-bond acceptors (Lipinski definition) is 5. The minimum absolute atomic E-state index is 0.578. The van der Waals surface area contributed by atoms with E-state index < -0.39 is 6.03 Å². The summed E-state index contributed by atoms with van der Waals surface area (Å²) in [6.45, 7) is 2.39. The summed E-state index contributed by atoms with van der Waals surface area (Å²) in [5, 5.41) is 3.89. The van der Waals surface area contributed by atoms with Crippen LogP contribution in [0.25, 0.3) is 0 Å². The molecule has 0 atom stereocenters. The van der Waals surface area contributed by atoms with Crippen LogP contribution in [0, 0.1) is 4.91 Å². The van der Waals surface area contributed by atoms with E-state index in [9.17, 15) is 9.70 Å². The Labute approximate surface area is 69.0 Å². The topological polar surface area (TPSA) is 83.0 Å². The van der Waals surface area contributed by atoms with Crippen LogP contribution < -0.4 is 10.9 Å². The highest BCUT2D eigenvalue weighted by Gasteiger charge is 2.12. The smallest absolute Gasteiger partial charge is 0.352 e. The minimum atomic E-state index is -0.619. The summed E-state index contributed by atoms with van der Waals surface area (Å²) in [6, 6.07) is -0.619. The molecule has 1 fully saturated rings. The minimum Gasteiger partial charge on any atom is -0.379 e. The first kappa shape index (κ1) is 8.88. The van der Waals surface area contributed by atoms with Gasteiger partial charge in [-0.05, 0) is 0 Å². The van der Waals surface area contributed by atoms with E-state index in [1.165, 1.54) is 0 Å². The van der Waals surface area contributed by atoms with Crippen molar-refractivity contribution < 1.29 is 9.53 Å². The van der Waals surface area contributed by atoms with E-state index in [4.69, 9.17) is 4.74 Å². The quantitative estimate of drug-likeness (QED) is 0.424. The number of carbonyl (C=O) groups excluding carboxylic acids is 1. The molecule has 0 aromatic carbocycles. The molecule has 0 aromatic rings. The lowest BCUT2D eigenvalue weighted by Gasteiger charge is -2.26. The molecule has 2 amide bonds. The number of amides is 2. The molecule has 7 nitrogen and oxygen atoms in total. The van der Waals surface area contributed by atoms with Gasteiger partial charge in [0.15, 0.2) is 0 Å². The number of hydrazine groups is 1. The van der Waals surface area contributed by atoms with E-state index in [-0.39, 0.29) is 0 Å². The molecule has 0 aromatic heterocycles. The standard InChI is InChI=1S/C5H10N4O3/c10-5(6-8-11)7-9-1-3-12-4-2-9/h1-4H2,(H2,6,7,10,11). The van der Waals surface area contributed by atoms with Gasteiger partial charge in [0.25, 0.3) is 0 Å². The van der Waals surface area contributed by atoms with E-state index in [1.54, 1.807) is 10.4 Å². The van der Waals surface area contributed by atoms with Crippen molar-refractivity contribution in [1.82, 2.24) is 15.9 Å². The van der Waals surface area contributed by atoms with Gasteiger partial charge < -0.3 is 4.74 Å². The molecule has 0 spiro atoms. The Hall–Kier alpha value is -1.21. The number of nitrogens with zero attached hydrogens (tertiary/aromatic N) is 2. The van der Waals surface area contributed by atoms with Gasteiger partial charge in [-0.15, -0.1) is 4.91 Å². The van der Waals surface area contributed by atoms with Crippen LogP contribution in [-0.4, -0.2) is 37.3 Å². The molecule has 2 N–H and O–H groups in total. The second-order valence-electron chi connectivity index (χ2n) is 2.24. The summed E-state index contributed by atoms with van der Waals surface area (Å²) >= 11 is 0. The summed E-state index contributed by atoms with van der Waals surface area (Å²) in [5.41, 5.74) is 4.16. The summed E-state index contributed by atoms with van der Waals surface area (Å²) in [6.07, 6.45) is 0. The van der Waals surface area contributed by atoms with Crippen molar-refractivity contribution in [2.75, 3.05) is 26.3 Å². The van der Waals surface area contributed by atoms with Gasteiger partial charge in [0, 0.05) is 13.1 Å². The van der Waals surface area contributed by atoms with Crippen molar-refractivity contribution in [3.05, 3.63) is 4.91 Å². The van der Waals surface area contributed by atoms with Gasteiger partial charge in [0.1, 0.15) is 0 Å². The zero-order valence-corrected chi connectivity index (χ0v) is 6.45. The fourth-order valence-corrected chi connectivity index (χ4v) is 0.885. The summed E-state index contributed by atoms with van der Waals surface area (Å²) in [5.74, 6) is 0. The normalized spacial score (nSPS) is 18.3. The number of urea groups is 1. The maximum atomic E-state index is 10.7. The third-order valence-corrected chi connectivity index (χ3v) is 1.42. The zero-order valence-electron chi connectivity index (χ0n) is 6.45. The van der Waals surface area contributed by atoms with Crippen LogP contribution in [0.2, 0.25) is 0 Å². The van der Waals surface area contributed by atoms with E-state index in [0.717, 1.165) is 0 Å². The Morgan fingerprint density at radius 2 is 2.08 bits per heavy atom. The number of carbonyl (C=O) groups is 1. The lowest BCUT2D eigenvalue weighted by molar-refractivity contribution is 0.0195. The van der Waals surface area contributed by atoms with E-state index >= 15 is 0 Å². The second-order valence-corrected chi connectivity index (χ2v) is 2.24. The molecule has 0 saturated carbocycles. The van der Waals surface area contributed by atoms with Crippen LogP contribution in [0.4, 0.5) is 4.79 Å². The molecule has 7 heteroatoms. The lowest BCUT2D eigenvalue weighted by atomic mass is 10.5. The van der Waals surface area contributed by atoms with Crippen molar-refractivity contribution in [2.24, 2.45) is 5.29 Å². The summed E-state index contributed by atoms with van der Waals surface area (Å²) in [4.78, 5) is 20.3. The Bertz CT molecular complexity index is 168. The first-order valence-corrected chi connectivity index (χ1v) is 3.54. The van der Waals surface area contributed by atoms with Crippen molar-refractivity contribution in [1.29, 1.82) is 0 Å². The number of nitrogens with one attached hydrogen (secondary N) is 2. The van der Waals surface area contributed by atoms with Crippen LogP contribution in [0.15, 0.2) is 5.29 Å². The van der Waals surface area contributed by atoms with Gasteiger partial charge >= 0.3 is 6.03 Å². The van der Waals surface area contributed by atoms with Crippen molar-refractivity contribution in [3.8, 4) is 0 Å². The highest BCUT2D eigenvalue weighted by atomic mass is 16.5. The second kappa shape index (κ2) is 4.62. The van der Waals surface area contributed by atoms with Gasteiger partial charge in [-0.25, -0.2) is 9.80 Å². The van der Waals surface area contributed by atoms with Crippen LogP contribution in [0.1, 0.15) is 0 Å². The van der Waals surface area contributed by atoms with Crippen molar-refractivity contribution in [3.63, 3.8) is 0 Å². The van der Waals surface area contributed by atoms with Gasteiger partial charge in [-0.2, -0.15) is 5.43 Å². The highest BCUT2D eigenvalue weighted by molar-refractivity contribution is 5.72. The fourth-order valence-electron chi connectivity index (χ4n) is 0.885. The van der Waals surface area contributed by atoms with Crippen molar-refractivity contribution in [2.45, 2.75) is 0 Å². The van der Waals surface area contributed by atoms with Gasteiger partial charge in [-0.3, -0.25) is 5.43 Å². The number of ether oxygens (including phenoxy) is 1. The number of morpholine rings is 1. The van der Waals surface area contributed by atoms with E-state index in [1.807, 2.05) is 0 Å². The highest BCUT2D eigenvalue weighted by Crippen LogP contribution is 1.91. The molecule has 68 valence electrons. The Morgan fingerprint density at radius 1 is 1.42 bits per heavy atom. The largest absolute Gasteiger partial charge is 0.379 e. The van der Waals surface area contributed by atoms with Crippen LogP contribution in [0.3, 0.4) is 0 Å². The molecule has 1 saturated heterocycles. The van der Waals surface area contributed by atoms with Gasteiger partial charge in [-0.1, -0.05) is 0 Å². The molecule has 0 aliphatic carbocycles. The maximum Gasteiger partial charge on any atom is 0.352 e. The van der Waals surface area contributed by atoms with Crippen LogP contribution in [-0.2, 0) is 4.74 Å². The Morgan fingerprint density at radius 3 is 2.67 bits per heavy atom. The molecule has 0 unspecified atom stereocenters. The predicted octanol–water partition coefficient (Wildman–Crippen LogP) is -0.786. The average molecular weight is 174 g/mol. The number of rotatable bonds is 2. The number of nitroso groups, excluding NO2 is 1. The van der Waals surface area contributed by atoms with Crippen LogP contribution >= 0.6 is 0 Å². The Kier molecular flexibility index (Phi) is 3.42. The van der Waals surface area contributed by atoms with E-state index in [0.29, 0.717) is 26.3 Å². The first-order valence-electron chi connectivity index (χ1n) is 3.54. The summed E-state index contributed by atoms with van der Waals surface area (Å²) in [7, 11) is 0. The van der Waals surface area contributed by atoms with Crippen molar-refractivity contribution >= 4 is 6.03 Å². The third-order valence-electron chi connectivity index (χ3n) is 1.42. The third kappa shape index (κ3) is 2.81. The molecule has 1 rings (SSSR count). The molecule has 0 bridgehead atoms. The van der Waals surface area contributed by atoms with Crippen LogP contribution in [0.5, 0.6) is 0 Å². The Balaban J connectivity index is 2.19. The maximum absolute atomic E-state index is 10.7. The average Bonchev–Trinajstić information content (AvgIpc) is 2.06. The lowest BCUT2D eigenvalue weighted by Crippen LogP contribution is -2.50. The van der Waals surface area contributed by atoms with Gasteiger partial charge in [0.2, 0.25) is 0 Å². The summed E-state index contributed by atoms with van der Waals surface area (Å²) < 4.78 is 5.04. The molecule has 1 aliphatic heterocycles. The molecule has 1 heterocycles. The zero-order chi connectivity index (χ0) is 8.81. The predicted molar refractivity (Wildman–Crippen MR) is 39.9 cm³/mol. The molecule has 1 aliphatic rings. The SMILES string of the molecule is O=NNC(=O)NN1CCOCC1. The molecule has 12 heavy (non-hydrogen) atoms. The number of hydrogen-bond donors (Lipinski definition) is 2.